The lowest BCUT2D eigenvalue weighted by Gasteiger charge is -2.36. The molecule has 8 heteroatoms. The first-order valence-electron chi connectivity index (χ1n) is 10.8. The van der Waals surface area contributed by atoms with Crippen molar-refractivity contribution in [3.05, 3.63) is 76.3 Å². The molecule has 0 spiro atoms. The molecule has 3 N–H and O–H groups in total. The number of carbonyl (C=O) groups is 2. The SMILES string of the molecule is Cc1nnsc1C(=O)Nc1cccc(CN(C(=O)c2ccccc2)C2CCC(N)CC2)c1. The van der Waals surface area contributed by atoms with Crippen LogP contribution in [0.25, 0.3) is 0 Å². The number of rotatable bonds is 6. The first-order valence-corrected chi connectivity index (χ1v) is 11.6. The number of aromatic nitrogens is 2. The Hall–Kier alpha value is -3.10. The van der Waals surface area contributed by atoms with Crippen LogP contribution in [0.2, 0.25) is 0 Å². The normalized spacial score (nSPS) is 18.2. The molecule has 1 saturated carbocycles. The van der Waals surface area contributed by atoms with Gasteiger partial charge in [-0.3, -0.25) is 9.59 Å². The van der Waals surface area contributed by atoms with Gasteiger partial charge in [-0.25, -0.2) is 0 Å². The molecule has 0 atom stereocenters. The predicted octanol–water partition coefficient (Wildman–Crippen LogP) is 4.01. The van der Waals surface area contributed by atoms with Crippen LogP contribution in [0, 0.1) is 6.92 Å². The monoisotopic (exact) mass is 449 g/mol. The standard InChI is InChI=1S/C24H27N5O2S/c1-16-22(32-28-27-16)23(30)26-20-9-5-6-17(14-20)15-29(21-12-10-19(25)11-13-21)24(31)18-7-3-2-4-8-18/h2-9,14,19,21H,10-13,15,25H2,1H3,(H,26,30). The van der Waals surface area contributed by atoms with Gasteiger partial charge in [0.1, 0.15) is 4.88 Å². The fourth-order valence-electron chi connectivity index (χ4n) is 4.10. The molecule has 1 aliphatic rings. The van der Waals surface area contributed by atoms with Gasteiger partial charge in [0.25, 0.3) is 11.8 Å². The highest BCUT2D eigenvalue weighted by Gasteiger charge is 2.28. The van der Waals surface area contributed by atoms with Gasteiger partial charge >= 0.3 is 0 Å². The van der Waals surface area contributed by atoms with Gasteiger partial charge in [-0.15, -0.1) is 5.10 Å². The molecular formula is C24H27N5O2S. The van der Waals surface area contributed by atoms with Crippen molar-refractivity contribution in [2.75, 3.05) is 5.32 Å². The topological polar surface area (TPSA) is 101 Å². The lowest BCUT2D eigenvalue weighted by Crippen LogP contribution is -2.43. The lowest BCUT2D eigenvalue weighted by molar-refractivity contribution is 0.0606. The molecule has 1 aliphatic carbocycles. The molecule has 3 aromatic rings. The number of benzene rings is 2. The third kappa shape index (κ3) is 5.20. The van der Waals surface area contributed by atoms with Crippen molar-refractivity contribution in [2.24, 2.45) is 5.73 Å². The molecule has 0 aliphatic heterocycles. The van der Waals surface area contributed by atoms with E-state index in [0.29, 0.717) is 28.4 Å². The molecule has 166 valence electrons. The number of hydrogen-bond acceptors (Lipinski definition) is 6. The second-order valence-electron chi connectivity index (χ2n) is 8.21. The Morgan fingerprint density at radius 1 is 1.09 bits per heavy atom. The number of nitrogens with two attached hydrogens (primary N) is 1. The largest absolute Gasteiger partial charge is 0.331 e. The average molecular weight is 450 g/mol. The van der Waals surface area contributed by atoms with Crippen molar-refractivity contribution in [3.63, 3.8) is 0 Å². The van der Waals surface area contributed by atoms with Gasteiger partial charge in [0.15, 0.2) is 0 Å². The van der Waals surface area contributed by atoms with Crippen molar-refractivity contribution in [1.82, 2.24) is 14.5 Å². The number of nitrogens with one attached hydrogen (secondary N) is 1. The third-order valence-electron chi connectivity index (χ3n) is 5.86. The van der Waals surface area contributed by atoms with Gasteiger partial charge in [0.2, 0.25) is 0 Å². The van der Waals surface area contributed by atoms with Crippen LogP contribution >= 0.6 is 11.5 Å². The number of hydrogen-bond donors (Lipinski definition) is 2. The number of anilines is 1. The zero-order chi connectivity index (χ0) is 22.5. The van der Waals surface area contributed by atoms with E-state index in [0.717, 1.165) is 42.8 Å². The van der Waals surface area contributed by atoms with Gasteiger partial charge in [-0.05, 0) is 74.0 Å². The molecule has 1 aromatic heterocycles. The summed E-state index contributed by atoms with van der Waals surface area (Å²) in [7, 11) is 0. The Morgan fingerprint density at radius 3 is 2.53 bits per heavy atom. The van der Waals surface area contributed by atoms with E-state index >= 15 is 0 Å². The Morgan fingerprint density at radius 2 is 1.84 bits per heavy atom. The molecule has 1 heterocycles. The first-order chi connectivity index (χ1) is 15.5. The van der Waals surface area contributed by atoms with Gasteiger partial charge in [0, 0.05) is 29.9 Å². The van der Waals surface area contributed by atoms with Crippen molar-refractivity contribution < 1.29 is 9.59 Å². The summed E-state index contributed by atoms with van der Waals surface area (Å²) in [5.41, 5.74) is 9.03. The zero-order valence-electron chi connectivity index (χ0n) is 18.0. The van der Waals surface area contributed by atoms with Crippen LogP contribution in [0.5, 0.6) is 0 Å². The summed E-state index contributed by atoms with van der Waals surface area (Å²) in [4.78, 5) is 28.4. The fourth-order valence-corrected chi connectivity index (χ4v) is 4.65. The minimum absolute atomic E-state index is 0.0202. The van der Waals surface area contributed by atoms with E-state index in [2.05, 4.69) is 14.9 Å². The molecule has 7 nitrogen and oxygen atoms in total. The summed E-state index contributed by atoms with van der Waals surface area (Å²) in [5.74, 6) is -0.208. The Labute approximate surface area is 191 Å². The van der Waals surface area contributed by atoms with Crippen LogP contribution in [0.4, 0.5) is 5.69 Å². The highest BCUT2D eigenvalue weighted by atomic mass is 32.1. The third-order valence-corrected chi connectivity index (χ3v) is 6.69. The minimum atomic E-state index is -0.229. The number of carbonyl (C=O) groups excluding carboxylic acids is 2. The molecular weight excluding hydrogens is 422 g/mol. The summed E-state index contributed by atoms with van der Waals surface area (Å²) in [6.07, 6.45) is 3.63. The molecule has 1 fully saturated rings. The number of aryl methyl sites for hydroxylation is 1. The van der Waals surface area contributed by atoms with Crippen LogP contribution in [-0.2, 0) is 6.54 Å². The molecule has 4 rings (SSSR count). The summed E-state index contributed by atoms with van der Waals surface area (Å²) < 4.78 is 3.82. The highest BCUT2D eigenvalue weighted by molar-refractivity contribution is 7.08. The Balaban J connectivity index is 1.54. The van der Waals surface area contributed by atoms with Crippen LogP contribution in [-0.4, -0.2) is 38.4 Å². The van der Waals surface area contributed by atoms with Gasteiger partial charge in [-0.1, -0.05) is 34.8 Å². The van der Waals surface area contributed by atoms with Crippen LogP contribution in [0.1, 0.15) is 57.0 Å². The van der Waals surface area contributed by atoms with E-state index < -0.39 is 0 Å². The van der Waals surface area contributed by atoms with Crippen molar-refractivity contribution in [1.29, 1.82) is 0 Å². The second-order valence-corrected chi connectivity index (χ2v) is 8.96. The quantitative estimate of drug-likeness (QED) is 0.592. The van der Waals surface area contributed by atoms with Crippen LogP contribution < -0.4 is 11.1 Å². The molecule has 0 bridgehead atoms. The van der Waals surface area contributed by atoms with Crippen molar-refractivity contribution >= 4 is 29.0 Å². The van der Waals surface area contributed by atoms with E-state index in [1.807, 2.05) is 59.5 Å². The lowest BCUT2D eigenvalue weighted by atomic mass is 9.90. The zero-order valence-corrected chi connectivity index (χ0v) is 18.8. The van der Waals surface area contributed by atoms with E-state index in [9.17, 15) is 9.59 Å². The van der Waals surface area contributed by atoms with E-state index in [4.69, 9.17) is 5.73 Å². The van der Waals surface area contributed by atoms with Gasteiger partial charge in [-0.2, -0.15) is 0 Å². The number of amides is 2. The Bertz CT molecular complexity index is 1080. The summed E-state index contributed by atoms with van der Waals surface area (Å²) >= 11 is 1.08. The first kappa shape index (κ1) is 22.1. The van der Waals surface area contributed by atoms with Crippen LogP contribution in [0.3, 0.4) is 0 Å². The second kappa shape index (κ2) is 10.0. The van der Waals surface area contributed by atoms with Crippen molar-refractivity contribution in [2.45, 2.75) is 51.2 Å². The summed E-state index contributed by atoms with van der Waals surface area (Å²) in [6, 6.07) is 17.4. The summed E-state index contributed by atoms with van der Waals surface area (Å²) in [5, 5.41) is 6.81. The summed E-state index contributed by atoms with van der Waals surface area (Å²) in [6.45, 7) is 2.23. The molecule has 2 aromatic carbocycles. The molecule has 0 unspecified atom stereocenters. The molecule has 32 heavy (non-hydrogen) atoms. The van der Waals surface area contributed by atoms with Gasteiger partial charge in [0.05, 0.1) is 5.69 Å². The van der Waals surface area contributed by atoms with E-state index in [1.54, 1.807) is 6.92 Å². The highest BCUT2D eigenvalue weighted by Crippen LogP contribution is 2.26. The Kier molecular flexibility index (Phi) is 6.92. The van der Waals surface area contributed by atoms with Gasteiger partial charge < -0.3 is 16.0 Å². The maximum absolute atomic E-state index is 13.4. The predicted molar refractivity (Wildman–Crippen MR) is 126 cm³/mol. The average Bonchev–Trinajstić information content (AvgIpc) is 3.24. The van der Waals surface area contributed by atoms with Crippen LogP contribution in [0.15, 0.2) is 54.6 Å². The molecule has 0 radical (unpaired) electrons. The fraction of sp³-hybridized carbons (Fsp3) is 0.333. The van der Waals surface area contributed by atoms with Crippen molar-refractivity contribution in [3.8, 4) is 0 Å². The number of nitrogens with zero attached hydrogens (tertiary/aromatic N) is 3. The minimum Gasteiger partial charge on any atom is -0.331 e. The maximum atomic E-state index is 13.4. The molecule has 2 amide bonds. The van der Waals surface area contributed by atoms with E-state index in [-0.39, 0.29) is 23.9 Å². The van der Waals surface area contributed by atoms with E-state index in [1.165, 1.54) is 0 Å². The smallest absolute Gasteiger partial charge is 0.269 e. The maximum Gasteiger partial charge on any atom is 0.269 e. The molecule has 0 saturated heterocycles.